The van der Waals surface area contributed by atoms with E-state index >= 15 is 0 Å². The van der Waals surface area contributed by atoms with Crippen LogP contribution in [0.3, 0.4) is 0 Å². The number of methoxy groups -OCH3 is 1. The Hall–Kier alpha value is -2.24. The number of esters is 1. The standard InChI is InChI=1S/C19H15Cl2NO4/c1-25-19(24)10-4-5-22(9-10)12-2-3-13-16(8-12)26-18-14(17(13)23)6-11(20)7-15(18)21/h2-3,6-8,10H,4-5,9H2,1H3. The number of ether oxygens (including phenoxy) is 1. The fraction of sp³-hybridized carbons (Fsp3) is 0.263. The van der Waals surface area contributed by atoms with Crippen LogP contribution in [0.2, 0.25) is 10.0 Å². The van der Waals surface area contributed by atoms with Gasteiger partial charge >= 0.3 is 5.97 Å². The molecule has 4 rings (SSSR count). The van der Waals surface area contributed by atoms with E-state index in [-0.39, 0.29) is 17.3 Å². The normalized spacial score (nSPS) is 17.2. The van der Waals surface area contributed by atoms with Crippen LogP contribution in [0, 0.1) is 5.92 Å². The summed E-state index contributed by atoms with van der Waals surface area (Å²) in [5.41, 5.74) is 1.48. The van der Waals surface area contributed by atoms with Gasteiger partial charge in [0.15, 0.2) is 5.58 Å². The van der Waals surface area contributed by atoms with Crippen molar-refractivity contribution in [2.75, 3.05) is 25.1 Å². The summed E-state index contributed by atoms with van der Waals surface area (Å²) >= 11 is 12.2. The van der Waals surface area contributed by atoms with Gasteiger partial charge in [0.2, 0.25) is 5.43 Å². The predicted octanol–water partition coefficient (Wildman–Crippen LogP) is 4.25. The second-order valence-electron chi connectivity index (χ2n) is 6.33. The van der Waals surface area contributed by atoms with E-state index in [0.29, 0.717) is 38.5 Å². The first-order valence-corrected chi connectivity index (χ1v) is 8.92. The molecule has 1 fully saturated rings. The van der Waals surface area contributed by atoms with Gasteiger partial charge in [-0.05, 0) is 30.7 Å². The molecule has 7 heteroatoms. The summed E-state index contributed by atoms with van der Waals surface area (Å²) in [7, 11) is 1.40. The highest BCUT2D eigenvalue weighted by molar-refractivity contribution is 6.38. The minimum Gasteiger partial charge on any atom is -0.469 e. The maximum absolute atomic E-state index is 12.8. The zero-order valence-electron chi connectivity index (χ0n) is 13.9. The Balaban J connectivity index is 1.80. The monoisotopic (exact) mass is 391 g/mol. The zero-order valence-corrected chi connectivity index (χ0v) is 15.4. The van der Waals surface area contributed by atoms with Crippen LogP contribution in [-0.4, -0.2) is 26.2 Å². The van der Waals surface area contributed by atoms with Crippen LogP contribution in [0.15, 0.2) is 39.5 Å². The summed E-state index contributed by atoms with van der Waals surface area (Å²) in [6.07, 6.45) is 0.733. The van der Waals surface area contributed by atoms with Gasteiger partial charge in [-0.15, -0.1) is 0 Å². The van der Waals surface area contributed by atoms with Crippen molar-refractivity contribution in [3.63, 3.8) is 0 Å². The maximum Gasteiger partial charge on any atom is 0.310 e. The number of hydrogen-bond acceptors (Lipinski definition) is 5. The average Bonchev–Trinajstić information content (AvgIpc) is 3.12. The Bertz CT molecular complexity index is 1090. The largest absolute Gasteiger partial charge is 0.469 e. The highest BCUT2D eigenvalue weighted by Crippen LogP contribution is 2.31. The fourth-order valence-electron chi connectivity index (χ4n) is 3.42. The molecule has 0 aliphatic carbocycles. The molecule has 0 radical (unpaired) electrons. The average molecular weight is 392 g/mol. The van der Waals surface area contributed by atoms with Crippen LogP contribution < -0.4 is 10.3 Å². The van der Waals surface area contributed by atoms with Crippen molar-refractivity contribution in [3.05, 3.63) is 50.6 Å². The summed E-state index contributed by atoms with van der Waals surface area (Å²) in [6.45, 7) is 1.31. The maximum atomic E-state index is 12.8. The van der Waals surface area contributed by atoms with Crippen molar-refractivity contribution in [1.29, 1.82) is 0 Å². The Morgan fingerprint density at radius 2 is 2.04 bits per heavy atom. The number of halogens is 2. The van der Waals surface area contributed by atoms with E-state index in [1.807, 2.05) is 6.07 Å². The van der Waals surface area contributed by atoms with Crippen LogP contribution in [0.1, 0.15) is 6.42 Å². The Morgan fingerprint density at radius 1 is 1.23 bits per heavy atom. The third kappa shape index (κ3) is 2.81. The van der Waals surface area contributed by atoms with E-state index in [9.17, 15) is 9.59 Å². The third-order valence-corrected chi connectivity index (χ3v) is 5.26. The first kappa shape index (κ1) is 17.2. The smallest absolute Gasteiger partial charge is 0.310 e. The van der Waals surface area contributed by atoms with Crippen LogP contribution in [0.4, 0.5) is 5.69 Å². The lowest BCUT2D eigenvalue weighted by atomic mass is 10.1. The number of benzene rings is 2. The number of carbonyl (C=O) groups is 1. The van der Waals surface area contributed by atoms with Crippen molar-refractivity contribution in [3.8, 4) is 0 Å². The molecule has 1 saturated heterocycles. The van der Waals surface area contributed by atoms with Gasteiger partial charge in [-0.2, -0.15) is 0 Å². The van der Waals surface area contributed by atoms with Gasteiger partial charge in [0, 0.05) is 29.9 Å². The molecule has 1 unspecified atom stereocenters. The van der Waals surface area contributed by atoms with Crippen molar-refractivity contribution >= 4 is 56.8 Å². The summed E-state index contributed by atoms with van der Waals surface area (Å²) in [4.78, 5) is 26.6. The topological polar surface area (TPSA) is 59.8 Å². The second kappa shape index (κ2) is 6.49. The van der Waals surface area contributed by atoms with Gasteiger partial charge in [0.25, 0.3) is 0 Å². The lowest BCUT2D eigenvalue weighted by Crippen LogP contribution is -2.23. The van der Waals surface area contributed by atoms with Gasteiger partial charge in [-0.25, -0.2) is 0 Å². The minimum absolute atomic E-state index is 0.143. The van der Waals surface area contributed by atoms with Crippen LogP contribution in [0.25, 0.3) is 21.9 Å². The van der Waals surface area contributed by atoms with Crippen LogP contribution in [-0.2, 0) is 9.53 Å². The lowest BCUT2D eigenvalue weighted by Gasteiger charge is -2.18. The molecular formula is C19H15Cl2NO4. The van der Waals surface area contributed by atoms with Crippen molar-refractivity contribution < 1.29 is 13.9 Å². The van der Waals surface area contributed by atoms with E-state index in [1.165, 1.54) is 7.11 Å². The number of hydrogen-bond donors (Lipinski definition) is 0. The minimum atomic E-state index is -0.200. The molecule has 3 aromatic rings. The molecule has 2 aromatic carbocycles. The number of fused-ring (bicyclic) bond motifs is 2. The van der Waals surface area contributed by atoms with E-state index in [2.05, 4.69) is 4.90 Å². The number of rotatable bonds is 2. The first-order valence-electron chi connectivity index (χ1n) is 8.16. The number of nitrogens with zero attached hydrogens (tertiary/aromatic N) is 1. The van der Waals surface area contributed by atoms with Gasteiger partial charge < -0.3 is 14.1 Å². The second-order valence-corrected chi connectivity index (χ2v) is 7.17. The molecule has 0 spiro atoms. The van der Waals surface area contributed by atoms with Gasteiger partial charge in [-0.1, -0.05) is 23.2 Å². The molecule has 0 saturated carbocycles. The van der Waals surface area contributed by atoms with Crippen molar-refractivity contribution in [2.24, 2.45) is 5.92 Å². The Morgan fingerprint density at radius 3 is 2.81 bits per heavy atom. The fourth-order valence-corrected chi connectivity index (χ4v) is 3.95. The molecule has 26 heavy (non-hydrogen) atoms. The summed E-state index contributed by atoms with van der Waals surface area (Å²) in [5, 5.41) is 1.50. The molecule has 1 atom stereocenters. The van der Waals surface area contributed by atoms with Gasteiger partial charge in [0.05, 0.1) is 28.8 Å². The first-order chi connectivity index (χ1) is 12.5. The van der Waals surface area contributed by atoms with Crippen LogP contribution >= 0.6 is 23.2 Å². The van der Waals surface area contributed by atoms with E-state index in [1.54, 1.807) is 24.3 Å². The van der Waals surface area contributed by atoms with E-state index in [4.69, 9.17) is 32.4 Å². The number of carbonyl (C=O) groups excluding carboxylic acids is 1. The third-order valence-electron chi connectivity index (χ3n) is 4.76. The number of anilines is 1. The molecule has 0 bridgehead atoms. The van der Waals surface area contributed by atoms with E-state index < -0.39 is 0 Å². The highest BCUT2D eigenvalue weighted by atomic mass is 35.5. The van der Waals surface area contributed by atoms with Crippen LogP contribution in [0.5, 0.6) is 0 Å². The molecule has 134 valence electrons. The zero-order chi connectivity index (χ0) is 18.4. The molecule has 0 N–H and O–H groups in total. The Labute approximate surface area is 159 Å². The molecule has 1 aromatic heterocycles. The lowest BCUT2D eigenvalue weighted by molar-refractivity contribution is -0.144. The predicted molar refractivity (Wildman–Crippen MR) is 102 cm³/mol. The summed E-state index contributed by atoms with van der Waals surface area (Å²) in [6, 6.07) is 8.50. The quantitative estimate of drug-likeness (QED) is 0.482. The van der Waals surface area contributed by atoms with Gasteiger partial charge in [0.1, 0.15) is 5.58 Å². The highest BCUT2D eigenvalue weighted by Gasteiger charge is 2.29. The van der Waals surface area contributed by atoms with E-state index in [0.717, 1.165) is 18.7 Å². The molecule has 5 nitrogen and oxygen atoms in total. The van der Waals surface area contributed by atoms with Gasteiger partial charge in [-0.3, -0.25) is 9.59 Å². The summed E-state index contributed by atoms with van der Waals surface area (Å²) < 4.78 is 10.7. The van der Waals surface area contributed by atoms with Crippen molar-refractivity contribution in [2.45, 2.75) is 6.42 Å². The molecule has 2 heterocycles. The summed E-state index contributed by atoms with van der Waals surface area (Å²) in [5.74, 6) is -0.342. The molecular weight excluding hydrogens is 377 g/mol. The Kier molecular flexibility index (Phi) is 4.29. The molecule has 0 amide bonds. The molecule has 1 aliphatic rings. The SMILES string of the molecule is COC(=O)C1CCN(c2ccc3c(=O)c4cc(Cl)cc(Cl)c4oc3c2)C1. The molecule has 1 aliphatic heterocycles. The van der Waals surface area contributed by atoms with Crippen molar-refractivity contribution in [1.82, 2.24) is 0 Å².